The molecule has 0 saturated heterocycles. The fraction of sp³-hybridized carbons (Fsp3) is 0.455. The number of fused-ring (bicyclic) bond motifs is 1. The van der Waals surface area contributed by atoms with Gasteiger partial charge < -0.3 is 9.84 Å². The molecule has 3 nitrogen and oxygen atoms in total. The van der Waals surface area contributed by atoms with E-state index in [1.807, 2.05) is 24.3 Å². The third-order valence-electron chi connectivity index (χ3n) is 5.51. The minimum Gasteiger partial charge on any atom is -0.496 e. The normalized spacial score (nSPS) is 24.0. The van der Waals surface area contributed by atoms with Crippen LogP contribution in [0.2, 0.25) is 0 Å². The van der Waals surface area contributed by atoms with E-state index in [4.69, 9.17) is 4.74 Å². The van der Waals surface area contributed by atoms with Crippen LogP contribution < -0.4 is 4.74 Å². The molecule has 0 fully saturated rings. The summed E-state index contributed by atoms with van der Waals surface area (Å²) in [6, 6.07) is 14.6. The van der Waals surface area contributed by atoms with Gasteiger partial charge in [0.05, 0.1) is 7.11 Å². The summed E-state index contributed by atoms with van der Waals surface area (Å²) in [6.07, 6.45) is 0. The van der Waals surface area contributed by atoms with Crippen molar-refractivity contribution in [3.05, 3.63) is 64.7 Å². The summed E-state index contributed by atoms with van der Waals surface area (Å²) in [5, 5.41) is 11.9. The molecule has 0 amide bonds. The first kappa shape index (κ1) is 18.0. The minimum absolute atomic E-state index is 0.00472. The first-order valence-corrected chi connectivity index (χ1v) is 8.89. The first-order valence-electron chi connectivity index (χ1n) is 8.89. The van der Waals surface area contributed by atoms with E-state index in [-0.39, 0.29) is 11.5 Å². The molecule has 134 valence electrons. The van der Waals surface area contributed by atoms with E-state index in [0.717, 1.165) is 16.9 Å². The lowest BCUT2D eigenvalue weighted by atomic mass is 9.76. The van der Waals surface area contributed by atoms with Gasteiger partial charge in [-0.05, 0) is 48.2 Å². The zero-order valence-corrected chi connectivity index (χ0v) is 16.1. The molecule has 0 aliphatic carbocycles. The van der Waals surface area contributed by atoms with E-state index in [2.05, 4.69) is 57.8 Å². The Morgan fingerprint density at radius 3 is 2.44 bits per heavy atom. The van der Waals surface area contributed by atoms with Crippen LogP contribution in [0, 0.1) is 0 Å². The second-order valence-corrected chi connectivity index (χ2v) is 8.20. The van der Waals surface area contributed by atoms with Crippen LogP contribution in [0.25, 0.3) is 0 Å². The highest BCUT2D eigenvalue weighted by atomic mass is 16.5. The van der Waals surface area contributed by atoms with Gasteiger partial charge in [-0.15, -0.1) is 0 Å². The first-order chi connectivity index (χ1) is 11.7. The molecule has 1 heterocycles. The predicted octanol–water partition coefficient (Wildman–Crippen LogP) is 4.24. The van der Waals surface area contributed by atoms with Crippen molar-refractivity contribution in [1.82, 2.24) is 4.90 Å². The van der Waals surface area contributed by atoms with Gasteiger partial charge in [0.25, 0.3) is 0 Å². The molecule has 2 aromatic carbocycles. The van der Waals surface area contributed by atoms with Crippen molar-refractivity contribution in [1.29, 1.82) is 0 Å². The Labute approximate surface area is 151 Å². The molecule has 1 aliphatic rings. The van der Waals surface area contributed by atoms with E-state index in [9.17, 15) is 5.11 Å². The molecule has 2 atom stereocenters. The monoisotopic (exact) mass is 339 g/mol. The van der Waals surface area contributed by atoms with Gasteiger partial charge in [0, 0.05) is 18.2 Å². The summed E-state index contributed by atoms with van der Waals surface area (Å²) < 4.78 is 5.63. The van der Waals surface area contributed by atoms with E-state index in [1.54, 1.807) is 7.11 Å². The second kappa shape index (κ2) is 6.15. The summed E-state index contributed by atoms with van der Waals surface area (Å²) in [5.74, 6) is 0.730. The van der Waals surface area contributed by atoms with Gasteiger partial charge in [-0.25, -0.2) is 0 Å². The van der Waals surface area contributed by atoms with Gasteiger partial charge in [0.15, 0.2) is 0 Å². The van der Waals surface area contributed by atoms with Gasteiger partial charge in [-0.3, -0.25) is 4.90 Å². The molecule has 3 rings (SSSR count). The zero-order valence-electron chi connectivity index (χ0n) is 16.1. The second-order valence-electron chi connectivity index (χ2n) is 8.20. The van der Waals surface area contributed by atoms with Crippen LogP contribution in [0.1, 0.15) is 56.0 Å². The number of hydrogen-bond donors (Lipinski definition) is 1. The van der Waals surface area contributed by atoms with Gasteiger partial charge in [-0.2, -0.15) is 0 Å². The topological polar surface area (TPSA) is 32.7 Å². The fourth-order valence-corrected chi connectivity index (χ4v) is 3.79. The molecule has 2 aromatic rings. The molecule has 2 unspecified atom stereocenters. The maximum Gasteiger partial charge on any atom is 0.131 e. The Morgan fingerprint density at radius 2 is 1.80 bits per heavy atom. The number of benzene rings is 2. The highest BCUT2D eigenvalue weighted by Crippen LogP contribution is 2.45. The van der Waals surface area contributed by atoms with Crippen LogP contribution in [0.3, 0.4) is 0 Å². The molecular formula is C22H29NO2. The lowest BCUT2D eigenvalue weighted by Gasteiger charge is -2.44. The van der Waals surface area contributed by atoms with Crippen molar-refractivity contribution in [2.24, 2.45) is 0 Å². The van der Waals surface area contributed by atoms with Crippen LogP contribution in [0.15, 0.2) is 42.5 Å². The van der Waals surface area contributed by atoms with Crippen LogP contribution in [0.4, 0.5) is 0 Å². The molecule has 0 spiro atoms. The maximum absolute atomic E-state index is 11.9. The van der Waals surface area contributed by atoms with Crippen molar-refractivity contribution in [3.63, 3.8) is 0 Å². The molecule has 25 heavy (non-hydrogen) atoms. The van der Waals surface area contributed by atoms with Crippen molar-refractivity contribution in [2.45, 2.75) is 44.8 Å². The molecule has 1 aliphatic heterocycles. The standard InChI is InChI=1S/C22H29NO2/c1-15-17-9-7-8-10-18(17)22(24,14-23(15)5)19-13-16(21(2,3)4)11-12-20(19)25-6/h7-13,15,24H,14H2,1-6H3. The molecule has 0 saturated carbocycles. The number of ether oxygens (including phenoxy) is 1. The van der Waals surface area contributed by atoms with E-state index in [1.165, 1.54) is 11.1 Å². The summed E-state index contributed by atoms with van der Waals surface area (Å²) >= 11 is 0. The van der Waals surface area contributed by atoms with E-state index in [0.29, 0.717) is 6.54 Å². The number of likely N-dealkylation sites (N-methyl/N-ethyl adjacent to an activating group) is 1. The molecular weight excluding hydrogens is 310 g/mol. The largest absolute Gasteiger partial charge is 0.496 e. The Kier molecular flexibility index (Phi) is 4.42. The van der Waals surface area contributed by atoms with Gasteiger partial charge in [0.2, 0.25) is 0 Å². The van der Waals surface area contributed by atoms with Crippen LogP contribution >= 0.6 is 0 Å². The highest BCUT2D eigenvalue weighted by molar-refractivity contribution is 5.52. The van der Waals surface area contributed by atoms with Crippen LogP contribution in [-0.2, 0) is 11.0 Å². The SMILES string of the molecule is COc1ccc(C(C)(C)C)cc1C1(O)CN(C)C(C)c2ccccc21. The fourth-order valence-electron chi connectivity index (χ4n) is 3.79. The number of hydrogen-bond acceptors (Lipinski definition) is 3. The van der Waals surface area contributed by atoms with Crippen molar-refractivity contribution < 1.29 is 9.84 Å². The highest BCUT2D eigenvalue weighted by Gasteiger charge is 2.43. The quantitative estimate of drug-likeness (QED) is 0.888. The third-order valence-corrected chi connectivity index (χ3v) is 5.51. The van der Waals surface area contributed by atoms with Crippen LogP contribution in [0.5, 0.6) is 5.75 Å². The Morgan fingerprint density at radius 1 is 1.12 bits per heavy atom. The van der Waals surface area contributed by atoms with Crippen molar-refractivity contribution in [3.8, 4) is 5.75 Å². The average Bonchev–Trinajstić information content (AvgIpc) is 2.58. The maximum atomic E-state index is 11.9. The minimum atomic E-state index is -1.09. The van der Waals surface area contributed by atoms with Gasteiger partial charge in [-0.1, -0.05) is 51.1 Å². The van der Waals surface area contributed by atoms with Crippen molar-refractivity contribution in [2.75, 3.05) is 20.7 Å². The zero-order chi connectivity index (χ0) is 18.4. The summed E-state index contributed by atoms with van der Waals surface area (Å²) in [5.41, 5.74) is 3.09. The molecule has 0 aromatic heterocycles. The van der Waals surface area contributed by atoms with Crippen molar-refractivity contribution >= 4 is 0 Å². The molecule has 0 bridgehead atoms. The van der Waals surface area contributed by atoms with Crippen LogP contribution in [-0.4, -0.2) is 30.7 Å². The summed E-state index contributed by atoms with van der Waals surface area (Å²) in [7, 11) is 3.73. The number of nitrogens with zero attached hydrogens (tertiary/aromatic N) is 1. The van der Waals surface area contributed by atoms with E-state index >= 15 is 0 Å². The Hall–Kier alpha value is -1.84. The third kappa shape index (κ3) is 2.96. The smallest absolute Gasteiger partial charge is 0.131 e. The number of methoxy groups -OCH3 is 1. The van der Waals surface area contributed by atoms with Gasteiger partial charge >= 0.3 is 0 Å². The average molecular weight is 339 g/mol. The Balaban J connectivity index is 2.26. The van der Waals surface area contributed by atoms with Gasteiger partial charge in [0.1, 0.15) is 11.4 Å². The predicted molar refractivity (Wildman–Crippen MR) is 102 cm³/mol. The summed E-state index contributed by atoms with van der Waals surface area (Å²) in [6.45, 7) is 9.28. The molecule has 1 N–H and O–H groups in total. The number of aliphatic hydroxyl groups is 1. The Bertz CT molecular complexity index is 778. The molecule has 3 heteroatoms. The lowest BCUT2D eigenvalue weighted by Crippen LogP contribution is -2.46. The molecule has 0 radical (unpaired) electrons. The lowest BCUT2D eigenvalue weighted by molar-refractivity contribution is 0.0142. The summed E-state index contributed by atoms with van der Waals surface area (Å²) in [4.78, 5) is 2.20. The van der Waals surface area contributed by atoms with E-state index < -0.39 is 5.60 Å². The number of rotatable bonds is 2. The number of β-amino-alcohol motifs (C(OH)–C–C–N with tert-alkyl or cyclic N) is 1.